The van der Waals surface area contributed by atoms with Crippen molar-refractivity contribution in [2.24, 2.45) is 7.05 Å². The van der Waals surface area contributed by atoms with E-state index < -0.39 is 0 Å². The van der Waals surface area contributed by atoms with Gasteiger partial charge in [-0.05, 0) is 64.5 Å². The summed E-state index contributed by atoms with van der Waals surface area (Å²) in [5, 5.41) is 15.8. The molecule has 2 aromatic rings. The Morgan fingerprint density at radius 3 is 2.90 bits per heavy atom. The van der Waals surface area contributed by atoms with Gasteiger partial charge in [0.05, 0.1) is 7.05 Å². The van der Waals surface area contributed by atoms with E-state index in [4.69, 9.17) is 0 Å². The largest absolute Gasteiger partial charge is 0.310 e. The van der Waals surface area contributed by atoms with Gasteiger partial charge in [-0.15, -0.1) is 10.2 Å². The van der Waals surface area contributed by atoms with Gasteiger partial charge in [-0.1, -0.05) is 22.9 Å². The molecule has 5 nitrogen and oxygen atoms in total. The molecule has 1 heterocycles. The van der Waals surface area contributed by atoms with Gasteiger partial charge in [0.1, 0.15) is 0 Å². The number of halogens is 2. The van der Waals surface area contributed by atoms with Crippen LogP contribution in [0.5, 0.6) is 0 Å². The van der Waals surface area contributed by atoms with Crippen LogP contribution in [-0.4, -0.2) is 26.8 Å². The Balaban J connectivity index is 2.24. The van der Waals surface area contributed by atoms with Crippen LogP contribution in [0.25, 0.3) is 0 Å². The molecule has 1 N–H and O–H groups in total. The van der Waals surface area contributed by atoms with Crippen LogP contribution in [0.3, 0.4) is 0 Å². The lowest BCUT2D eigenvalue weighted by molar-refractivity contribution is 0.515. The summed E-state index contributed by atoms with van der Waals surface area (Å²) in [6.45, 7) is 3.13. The summed E-state index contributed by atoms with van der Waals surface area (Å²) >= 11 is 5.91. The first-order valence-corrected chi connectivity index (χ1v) is 8.38. The van der Waals surface area contributed by atoms with Crippen LogP contribution in [0.15, 0.2) is 22.7 Å². The van der Waals surface area contributed by atoms with Crippen LogP contribution >= 0.6 is 38.5 Å². The standard InChI is InChI=1S/C13H17BrIN5/c1-3-6-16-12(8-13-17-19-20(2)18-13)10-7-9(14)4-5-11(10)15/h4-5,7,12,16H,3,6,8H2,1-2H3. The van der Waals surface area contributed by atoms with Crippen LogP contribution < -0.4 is 5.32 Å². The zero-order valence-electron chi connectivity index (χ0n) is 11.5. The SMILES string of the molecule is CCCNC(Cc1nnn(C)n1)c1cc(Br)ccc1I. The van der Waals surface area contributed by atoms with E-state index in [9.17, 15) is 0 Å². The van der Waals surface area contributed by atoms with E-state index in [0.717, 1.165) is 29.7 Å². The number of aryl methyl sites for hydroxylation is 1. The van der Waals surface area contributed by atoms with Crippen molar-refractivity contribution in [3.63, 3.8) is 0 Å². The Morgan fingerprint density at radius 1 is 1.45 bits per heavy atom. The van der Waals surface area contributed by atoms with Gasteiger partial charge in [-0.25, -0.2) is 0 Å². The number of hydrogen-bond donors (Lipinski definition) is 1. The molecule has 20 heavy (non-hydrogen) atoms. The van der Waals surface area contributed by atoms with Crippen LogP contribution in [0.4, 0.5) is 0 Å². The fraction of sp³-hybridized carbons (Fsp3) is 0.462. The molecule has 1 aromatic carbocycles. The van der Waals surface area contributed by atoms with Crippen LogP contribution in [0.1, 0.15) is 30.8 Å². The molecule has 2 rings (SSSR count). The van der Waals surface area contributed by atoms with Crippen LogP contribution in [-0.2, 0) is 13.5 Å². The van der Waals surface area contributed by atoms with Crippen molar-refractivity contribution in [3.05, 3.63) is 37.6 Å². The predicted molar refractivity (Wildman–Crippen MR) is 90.4 cm³/mol. The average Bonchev–Trinajstić information content (AvgIpc) is 2.83. The topological polar surface area (TPSA) is 55.6 Å². The molecular formula is C13H17BrIN5. The molecule has 0 amide bonds. The molecule has 0 radical (unpaired) electrons. The Morgan fingerprint density at radius 2 is 2.25 bits per heavy atom. The third kappa shape index (κ3) is 4.23. The third-order valence-corrected chi connectivity index (χ3v) is 4.39. The fourth-order valence-electron chi connectivity index (χ4n) is 1.98. The zero-order valence-corrected chi connectivity index (χ0v) is 15.2. The van der Waals surface area contributed by atoms with Gasteiger partial charge < -0.3 is 5.32 Å². The second-order valence-electron chi connectivity index (χ2n) is 4.57. The summed E-state index contributed by atoms with van der Waals surface area (Å²) in [6.07, 6.45) is 1.83. The van der Waals surface area contributed by atoms with Gasteiger partial charge in [-0.3, -0.25) is 0 Å². The lowest BCUT2D eigenvalue weighted by Gasteiger charge is -2.19. The molecule has 108 valence electrons. The average molecular weight is 450 g/mol. The van der Waals surface area contributed by atoms with Crippen molar-refractivity contribution in [3.8, 4) is 0 Å². The molecule has 1 unspecified atom stereocenters. The lowest BCUT2D eigenvalue weighted by Crippen LogP contribution is -2.25. The van der Waals surface area contributed by atoms with E-state index in [1.165, 1.54) is 13.9 Å². The molecular weight excluding hydrogens is 433 g/mol. The van der Waals surface area contributed by atoms with Crippen molar-refractivity contribution < 1.29 is 0 Å². The molecule has 0 aliphatic heterocycles. The van der Waals surface area contributed by atoms with E-state index in [-0.39, 0.29) is 6.04 Å². The summed E-state index contributed by atoms with van der Waals surface area (Å²) in [5.74, 6) is 0.761. The molecule has 0 bridgehead atoms. The minimum absolute atomic E-state index is 0.198. The molecule has 1 atom stereocenters. The van der Waals surface area contributed by atoms with Crippen LogP contribution in [0, 0.1) is 3.57 Å². The Bertz CT molecular complexity index is 572. The molecule has 0 fully saturated rings. The summed E-state index contributed by atoms with van der Waals surface area (Å²) in [6, 6.07) is 6.53. The first-order chi connectivity index (χ1) is 9.60. The number of benzene rings is 1. The quantitative estimate of drug-likeness (QED) is 0.689. The molecule has 7 heteroatoms. The van der Waals surface area contributed by atoms with Crippen molar-refractivity contribution in [1.29, 1.82) is 0 Å². The summed E-state index contributed by atoms with van der Waals surface area (Å²) in [7, 11) is 1.79. The third-order valence-electron chi connectivity index (χ3n) is 2.91. The van der Waals surface area contributed by atoms with Crippen LogP contribution in [0.2, 0.25) is 0 Å². The van der Waals surface area contributed by atoms with Gasteiger partial charge in [0.25, 0.3) is 0 Å². The maximum Gasteiger partial charge on any atom is 0.176 e. The van der Waals surface area contributed by atoms with Crippen molar-refractivity contribution >= 4 is 38.5 Å². The maximum atomic E-state index is 4.28. The molecule has 0 aliphatic rings. The Labute approximate surface area is 140 Å². The van der Waals surface area contributed by atoms with Gasteiger partial charge in [-0.2, -0.15) is 4.80 Å². The zero-order chi connectivity index (χ0) is 14.5. The first-order valence-electron chi connectivity index (χ1n) is 6.51. The minimum atomic E-state index is 0.198. The first kappa shape index (κ1) is 15.8. The summed E-state index contributed by atoms with van der Waals surface area (Å²) in [4.78, 5) is 1.50. The van der Waals surface area contributed by atoms with Gasteiger partial charge >= 0.3 is 0 Å². The number of hydrogen-bond acceptors (Lipinski definition) is 4. The number of nitrogens with one attached hydrogen (secondary N) is 1. The summed E-state index contributed by atoms with van der Waals surface area (Å²) < 4.78 is 2.33. The highest BCUT2D eigenvalue weighted by Crippen LogP contribution is 2.26. The van der Waals surface area contributed by atoms with Crippen molar-refractivity contribution in [2.75, 3.05) is 6.54 Å². The number of nitrogens with zero attached hydrogens (tertiary/aromatic N) is 4. The second kappa shape index (κ2) is 7.46. The smallest absolute Gasteiger partial charge is 0.176 e. The molecule has 1 aromatic heterocycles. The van der Waals surface area contributed by atoms with Crippen molar-refractivity contribution in [1.82, 2.24) is 25.5 Å². The monoisotopic (exact) mass is 449 g/mol. The Kier molecular flexibility index (Phi) is 5.91. The molecule has 0 aliphatic carbocycles. The number of aromatic nitrogens is 4. The Hall–Kier alpha value is -0.540. The summed E-state index contributed by atoms with van der Waals surface area (Å²) in [5.41, 5.74) is 1.26. The van der Waals surface area contributed by atoms with E-state index >= 15 is 0 Å². The highest BCUT2D eigenvalue weighted by molar-refractivity contribution is 14.1. The predicted octanol–water partition coefficient (Wildman–Crippen LogP) is 2.86. The van der Waals surface area contributed by atoms with E-state index in [1.54, 1.807) is 7.05 Å². The van der Waals surface area contributed by atoms with E-state index in [2.05, 4.69) is 84.4 Å². The maximum absolute atomic E-state index is 4.28. The van der Waals surface area contributed by atoms with Gasteiger partial charge in [0, 0.05) is 20.5 Å². The highest BCUT2D eigenvalue weighted by atomic mass is 127. The number of tetrazole rings is 1. The van der Waals surface area contributed by atoms with Gasteiger partial charge in [0.2, 0.25) is 0 Å². The highest BCUT2D eigenvalue weighted by Gasteiger charge is 2.17. The second-order valence-corrected chi connectivity index (χ2v) is 6.65. The van der Waals surface area contributed by atoms with E-state index in [0.29, 0.717) is 0 Å². The van der Waals surface area contributed by atoms with E-state index in [1.807, 2.05) is 0 Å². The molecule has 0 saturated heterocycles. The fourth-order valence-corrected chi connectivity index (χ4v) is 3.07. The molecule has 0 spiro atoms. The normalized spacial score (nSPS) is 12.6. The lowest BCUT2D eigenvalue weighted by atomic mass is 10.0. The minimum Gasteiger partial charge on any atom is -0.310 e. The van der Waals surface area contributed by atoms with Crippen molar-refractivity contribution in [2.45, 2.75) is 25.8 Å². The van der Waals surface area contributed by atoms with Gasteiger partial charge in [0.15, 0.2) is 5.82 Å². The number of rotatable bonds is 6. The molecule has 0 saturated carbocycles.